The zero-order valence-corrected chi connectivity index (χ0v) is 18.2. The molecular weight excluding hydrogens is 428 g/mol. The molecule has 1 atom stereocenters. The lowest BCUT2D eigenvalue weighted by Crippen LogP contribution is -2.26. The standard InChI is InChI=1S/C23H22N4O6/c1-31-14-6-4-13(5-7-14)25-22(28)17-12-24-27-19(11-18(23(29)30)26-21(17)27)16-10-15(32-2)8-9-20(16)33-3/h4-12,19,26H,1-3H3,(H,25,28)(H,29,30). The van der Waals surface area contributed by atoms with Gasteiger partial charge in [0.05, 0.1) is 27.5 Å². The number of allylic oxidation sites excluding steroid dienone is 1. The monoisotopic (exact) mass is 450 g/mol. The van der Waals surface area contributed by atoms with Gasteiger partial charge in [-0.15, -0.1) is 0 Å². The Morgan fingerprint density at radius 1 is 1.03 bits per heavy atom. The summed E-state index contributed by atoms with van der Waals surface area (Å²) in [6, 6.07) is 11.4. The highest BCUT2D eigenvalue weighted by Crippen LogP contribution is 2.38. The Kier molecular flexibility index (Phi) is 5.90. The molecule has 0 fully saturated rings. The summed E-state index contributed by atoms with van der Waals surface area (Å²) in [4.78, 5) is 24.8. The van der Waals surface area contributed by atoms with Gasteiger partial charge in [0.15, 0.2) is 0 Å². The fourth-order valence-electron chi connectivity index (χ4n) is 3.55. The van der Waals surface area contributed by atoms with Gasteiger partial charge in [-0.25, -0.2) is 9.48 Å². The van der Waals surface area contributed by atoms with Crippen LogP contribution in [0.2, 0.25) is 0 Å². The van der Waals surface area contributed by atoms with Gasteiger partial charge in [0.2, 0.25) is 0 Å². The maximum atomic E-state index is 13.0. The number of carbonyl (C=O) groups excluding carboxylic acids is 1. The SMILES string of the molecule is COc1ccc(NC(=O)c2cnn3c2NC(C(=O)O)=CC3c2cc(OC)ccc2OC)cc1. The van der Waals surface area contributed by atoms with E-state index in [-0.39, 0.29) is 17.1 Å². The predicted molar refractivity (Wildman–Crippen MR) is 120 cm³/mol. The Labute approximate surface area is 189 Å². The van der Waals surface area contributed by atoms with Crippen LogP contribution in [0.4, 0.5) is 11.5 Å². The largest absolute Gasteiger partial charge is 0.497 e. The molecule has 0 radical (unpaired) electrons. The normalized spacial score (nSPS) is 14.4. The number of nitrogens with one attached hydrogen (secondary N) is 2. The van der Waals surface area contributed by atoms with E-state index >= 15 is 0 Å². The molecule has 3 N–H and O–H groups in total. The minimum absolute atomic E-state index is 0.0867. The molecule has 0 saturated heterocycles. The van der Waals surface area contributed by atoms with Crippen molar-refractivity contribution in [1.82, 2.24) is 9.78 Å². The molecule has 1 aliphatic rings. The van der Waals surface area contributed by atoms with Crippen LogP contribution in [0, 0.1) is 0 Å². The molecule has 0 saturated carbocycles. The molecule has 10 heteroatoms. The van der Waals surface area contributed by atoms with Crippen molar-refractivity contribution in [2.75, 3.05) is 32.0 Å². The summed E-state index contributed by atoms with van der Waals surface area (Å²) in [6.07, 6.45) is 2.89. The average Bonchev–Trinajstić information content (AvgIpc) is 3.27. The molecule has 1 unspecified atom stereocenters. The van der Waals surface area contributed by atoms with Crippen molar-refractivity contribution in [1.29, 1.82) is 0 Å². The second kappa shape index (κ2) is 8.95. The molecule has 0 bridgehead atoms. The van der Waals surface area contributed by atoms with E-state index in [0.717, 1.165) is 0 Å². The summed E-state index contributed by atoms with van der Waals surface area (Å²) in [5.41, 5.74) is 1.28. The molecule has 3 aromatic rings. The summed E-state index contributed by atoms with van der Waals surface area (Å²) < 4.78 is 17.5. The third-order valence-electron chi connectivity index (χ3n) is 5.21. The van der Waals surface area contributed by atoms with Crippen LogP contribution in [0.25, 0.3) is 0 Å². The minimum atomic E-state index is -1.17. The number of methoxy groups -OCH3 is 3. The number of nitrogens with zero attached hydrogens (tertiary/aromatic N) is 2. The Morgan fingerprint density at radius 2 is 1.73 bits per heavy atom. The number of amides is 1. The highest BCUT2D eigenvalue weighted by Gasteiger charge is 2.31. The Balaban J connectivity index is 1.74. The second-order valence-electron chi connectivity index (χ2n) is 7.10. The van der Waals surface area contributed by atoms with Crippen LogP contribution in [-0.2, 0) is 4.79 Å². The molecule has 170 valence electrons. The van der Waals surface area contributed by atoms with Crippen molar-refractivity contribution < 1.29 is 28.9 Å². The van der Waals surface area contributed by atoms with Gasteiger partial charge in [-0.05, 0) is 48.5 Å². The van der Waals surface area contributed by atoms with Crippen LogP contribution in [0.3, 0.4) is 0 Å². The molecule has 2 aromatic carbocycles. The maximum absolute atomic E-state index is 13.0. The summed E-state index contributed by atoms with van der Waals surface area (Å²) in [7, 11) is 4.61. The first-order valence-electron chi connectivity index (χ1n) is 9.92. The van der Waals surface area contributed by atoms with E-state index in [1.54, 1.807) is 49.6 Å². The van der Waals surface area contributed by atoms with Crippen LogP contribution >= 0.6 is 0 Å². The first-order chi connectivity index (χ1) is 15.9. The molecule has 1 amide bonds. The Bertz CT molecular complexity index is 1230. The molecule has 0 aliphatic carbocycles. The Hall–Kier alpha value is -4.47. The molecule has 4 rings (SSSR count). The third-order valence-corrected chi connectivity index (χ3v) is 5.21. The van der Waals surface area contributed by atoms with Gasteiger partial charge in [-0.2, -0.15) is 5.10 Å². The van der Waals surface area contributed by atoms with Crippen molar-refractivity contribution in [2.24, 2.45) is 0 Å². The number of carbonyl (C=O) groups is 2. The van der Waals surface area contributed by atoms with E-state index in [1.165, 1.54) is 31.2 Å². The first kappa shape index (κ1) is 21.8. The van der Waals surface area contributed by atoms with E-state index in [2.05, 4.69) is 15.7 Å². The van der Waals surface area contributed by atoms with Gasteiger partial charge < -0.3 is 30.0 Å². The number of anilines is 2. The highest BCUT2D eigenvalue weighted by atomic mass is 16.5. The molecule has 33 heavy (non-hydrogen) atoms. The fraction of sp³-hybridized carbons (Fsp3) is 0.174. The predicted octanol–water partition coefficient (Wildman–Crippen LogP) is 3.14. The number of hydrogen-bond donors (Lipinski definition) is 3. The second-order valence-corrected chi connectivity index (χ2v) is 7.10. The molecule has 1 aliphatic heterocycles. The van der Waals surface area contributed by atoms with Crippen LogP contribution in [0.15, 0.2) is 60.4 Å². The van der Waals surface area contributed by atoms with Crippen molar-refractivity contribution in [3.05, 3.63) is 71.6 Å². The van der Waals surface area contributed by atoms with E-state index in [1.807, 2.05) is 0 Å². The lowest BCUT2D eigenvalue weighted by Gasteiger charge is -2.26. The Morgan fingerprint density at radius 3 is 2.36 bits per heavy atom. The van der Waals surface area contributed by atoms with E-state index in [0.29, 0.717) is 28.5 Å². The van der Waals surface area contributed by atoms with Gasteiger partial charge in [-0.3, -0.25) is 4.79 Å². The zero-order valence-electron chi connectivity index (χ0n) is 18.2. The number of fused-ring (bicyclic) bond motifs is 1. The van der Waals surface area contributed by atoms with Gasteiger partial charge in [0.25, 0.3) is 5.91 Å². The van der Waals surface area contributed by atoms with E-state index in [9.17, 15) is 14.7 Å². The fourth-order valence-corrected chi connectivity index (χ4v) is 3.55. The number of benzene rings is 2. The first-order valence-corrected chi connectivity index (χ1v) is 9.92. The number of carboxylic acids is 1. The number of carboxylic acid groups (broad SMARTS) is 1. The highest BCUT2D eigenvalue weighted by molar-refractivity contribution is 6.08. The van der Waals surface area contributed by atoms with Crippen molar-refractivity contribution >= 4 is 23.4 Å². The summed E-state index contributed by atoms with van der Waals surface area (Å²) in [6.45, 7) is 0. The number of aromatic nitrogens is 2. The molecule has 1 aromatic heterocycles. The zero-order chi connectivity index (χ0) is 23.5. The number of rotatable bonds is 7. The van der Waals surface area contributed by atoms with E-state index < -0.39 is 17.9 Å². The number of hydrogen-bond acceptors (Lipinski definition) is 7. The molecular formula is C23H22N4O6. The van der Waals surface area contributed by atoms with Gasteiger partial charge in [0, 0.05) is 11.3 Å². The van der Waals surface area contributed by atoms with Gasteiger partial charge in [0.1, 0.15) is 40.4 Å². The molecule has 10 nitrogen and oxygen atoms in total. The quantitative estimate of drug-likeness (QED) is 0.502. The number of aliphatic carboxylic acids is 1. The van der Waals surface area contributed by atoms with Crippen LogP contribution < -0.4 is 24.8 Å². The lowest BCUT2D eigenvalue weighted by atomic mass is 10.0. The van der Waals surface area contributed by atoms with Crippen LogP contribution in [0.5, 0.6) is 17.2 Å². The minimum Gasteiger partial charge on any atom is -0.497 e. The lowest BCUT2D eigenvalue weighted by molar-refractivity contribution is -0.132. The van der Waals surface area contributed by atoms with Crippen molar-refractivity contribution in [2.45, 2.75) is 6.04 Å². The van der Waals surface area contributed by atoms with Crippen molar-refractivity contribution in [3.63, 3.8) is 0 Å². The maximum Gasteiger partial charge on any atom is 0.352 e. The summed E-state index contributed by atoms with van der Waals surface area (Å²) >= 11 is 0. The third kappa shape index (κ3) is 4.18. The number of ether oxygens (including phenoxy) is 3. The van der Waals surface area contributed by atoms with Crippen LogP contribution in [-0.4, -0.2) is 48.1 Å². The summed E-state index contributed by atoms with van der Waals surface area (Å²) in [5.74, 6) is 0.377. The molecule has 0 spiro atoms. The van der Waals surface area contributed by atoms with Crippen LogP contribution in [0.1, 0.15) is 22.0 Å². The van der Waals surface area contributed by atoms with Gasteiger partial charge in [-0.1, -0.05) is 0 Å². The topological polar surface area (TPSA) is 124 Å². The smallest absolute Gasteiger partial charge is 0.352 e. The van der Waals surface area contributed by atoms with E-state index in [4.69, 9.17) is 14.2 Å². The summed E-state index contributed by atoms with van der Waals surface area (Å²) in [5, 5.41) is 19.6. The van der Waals surface area contributed by atoms with Crippen molar-refractivity contribution in [3.8, 4) is 17.2 Å². The molecule has 2 heterocycles. The average molecular weight is 450 g/mol. The van der Waals surface area contributed by atoms with Gasteiger partial charge >= 0.3 is 5.97 Å².